The third-order valence-corrected chi connectivity index (χ3v) is 4.45. The van der Waals surface area contributed by atoms with Gasteiger partial charge in [0.25, 0.3) is 0 Å². The van der Waals surface area contributed by atoms with Crippen LogP contribution in [0.1, 0.15) is 26.7 Å². The van der Waals surface area contributed by atoms with Crippen molar-refractivity contribution in [2.75, 3.05) is 31.6 Å². The zero-order valence-corrected chi connectivity index (χ0v) is 14.2. The number of anilines is 1. The molecule has 0 saturated carbocycles. The van der Waals surface area contributed by atoms with Crippen molar-refractivity contribution < 1.29 is 14.3 Å². The van der Waals surface area contributed by atoms with Gasteiger partial charge < -0.3 is 9.64 Å². The van der Waals surface area contributed by atoms with Gasteiger partial charge in [-0.3, -0.25) is 14.5 Å². The Morgan fingerprint density at radius 3 is 2.70 bits per heavy atom. The van der Waals surface area contributed by atoms with Crippen LogP contribution in [0.3, 0.4) is 0 Å². The number of ether oxygens (including phenoxy) is 1. The smallest absolute Gasteiger partial charge is 0.310 e. The maximum atomic E-state index is 12.7. The highest BCUT2D eigenvalue weighted by molar-refractivity contribution is 5.96. The summed E-state index contributed by atoms with van der Waals surface area (Å²) in [7, 11) is 1.79. The minimum atomic E-state index is -0.252. The van der Waals surface area contributed by atoms with Crippen LogP contribution in [0.4, 0.5) is 5.69 Å². The monoisotopic (exact) mass is 318 g/mol. The largest absolute Gasteiger partial charge is 0.466 e. The molecule has 1 aromatic carbocycles. The number of hydrogen-bond acceptors (Lipinski definition) is 4. The molecule has 5 heteroatoms. The molecular formula is C18H26N2O3. The molecule has 0 spiro atoms. The number of esters is 1. The van der Waals surface area contributed by atoms with E-state index in [4.69, 9.17) is 4.74 Å². The van der Waals surface area contributed by atoms with Crippen LogP contribution in [-0.2, 0) is 14.3 Å². The molecule has 2 unspecified atom stereocenters. The molecule has 1 fully saturated rings. The zero-order valence-electron chi connectivity index (χ0n) is 14.2. The Kier molecular flexibility index (Phi) is 6.16. The summed E-state index contributed by atoms with van der Waals surface area (Å²) in [4.78, 5) is 28.4. The predicted molar refractivity (Wildman–Crippen MR) is 90.2 cm³/mol. The number of nitrogens with zero attached hydrogens (tertiary/aromatic N) is 2. The first-order valence-corrected chi connectivity index (χ1v) is 8.28. The van der Waals surface area contributed by atoms with E-state index in [1.807, 2.05) is 44.2 Å². The quantitative estimate of drug-likeness (QED) is 0.782. The molecule has 1 aliphatic heterocycles. The number of hydrogen-bond donors (Lipinski definition) is 0. The lowest BCUT2D eigenvalue weighted by Crippen LogP contribution is -2.50. The second-order valence-electron chi connectivity index (χ2n) is 5.99. The minimum absolute atomic E-state index is 0.0423. The third kappa shape index (κ3) is 4.32. The van der Waals surface area contributed by atoms with Crippen LogP contribution >= 0.6 is 0 Å². The Bertz CT molecular complexity index is 532. The highest BCUT2D eigenvalue weighted by Gasteiger charge is 2.32. The van der Waals surface area contributed by atoms with Crippen LogP contribution in [0.5, 0.6) is 0 Å². The number of benzene rings is 1. The molecule has 2 rings (SSSR count). The van der Waals surface area contributed by atoms with E-state index in [0.29, 0.717) is 13.2 Å². The van der Waals surface area contributed by atoms with Crippen molar-refractivity contribution in [3.05, 3.63) is 30.3 Å². The lowest BCUT2D eigenvalue weighted by molar-refractivity contribution is -0.150. The van der Waals surface area contributed by atoms with E-state index in [-0.39, 0.29) is 23.8 Å². The molecule has 5 nitrogen and oxygen atoms in total. The Labute approximate surface area is 138 Å². The van der Waals surface area contributed by atoms with E-state index >= 15 is 0 Å². The number of likely N-dealkylation sites (tertiary alicyclic amines) is 1. The normalized spacial score (nSPS) is 19.9. The average molecular weight is 318 g/mol. The molecule has 0 aliphatic carbocycles. The highest BCUT2D eigenvalue weighted by atomic mass is 16.5. The zero-order chi connectivity index (χ0) is 16.8. The van der Waals surface area contributed by atoms with E-state index in [1.54, 1.807) is 11.9 Å². The van der Waals surface area contributed by atoms with Crippen molar-refractivity contribution in [3.8, 4) is 0 Å². The van der Waals surface area contributed by atoms with Gasteiger partial charge in [0.15, 0.2) is 0 Å². The lowest BCUT2D eigenvalue weighted by atomic mass is 9.96. The van der Waals surface area contributed by atoms with E-state index in [2.05, 4.69) is 4.90 Å². The fraction of sp³-hybridized carbons (Fsp3) is 0.556. The summed E-state index contributed by atoms with van der Waals surface area (Å²) in [5.74, 6) is -0.227. The molecule has 1 aromatic rings. The molecule has 0 radical (unpaired) electrons. The van der Waals surface area contributed by atoms with Crippen LogP contribution in [0, 0.1) is 5.92 Å². The van der Waals surface area contributed by atoms with Gasteiger partial charge in [-0.2, -0.15) is 0 Å². The van der Waals surface area contributed by atoms with Gasteiger partial charge in [-0.25, -0.2) is 0 Å². The molecule has 1 amide bonds. The predicted octanol–water partition coefficient (Wildman–Crippen LogP) is 2.31. The van der Waals surface area contributed by atoms with Crippen molar-refractivity contribution in [1.29, 1.82) is 0 Å². The van der Waals surface area contributed by atoms with Crippen molar-refractivity contribution in [2.24, 2.45) is 5.92 Å². The van der Waals surface area contributed by atoms with Crippen molar-refractivity contribution >= 4 is 17.6 Å². The molecule has 0 aromatic heterocycles. The van der Waals surface area contributed by atoms with Gasteiger partial charge in [-0.05, 0) is 45.4 Å². The minimum Gasteiger partial charge on any atom is -0.466 e. The van der Waals surface area contributed by atoms with Crippen LogP contribution in [0.15, 0.2) is 30.3 Å². The summed E-state index contributed by atoms with van der Waals surface area (Å²) < 4.78 is 5.13. The van der Waals surface area contributed by atoms with Gasteiger partial charge in [0, 0.05) is 19.3 Å². The molecule has 1 aliphatic rings. The summed E-state index contributed by atoms with van der Waals surface area (Å²) in [6, 6.07) is 9.35. The van der Waals surface area contributed by atoms with E-state index in [1.165, 1.54) is 0 Å². The molecule has 23 heavy (non-hydrogen) atoms. The van der Waals surface area contributed by atoms with Crippen LogP contribution in [0.2, 0.25) is 0 Å². The van der Waals surface area contributed by atoms with E-state index in [9.17, 15) is 9.59 Å². The maximum absolute atomic E-state index is 12.7. The topological polar surface area (TPSA) is 49.9 Å². The Morgan fingerprint density at radius 1 is 1.35 bits per heavy atom. The number of likely N-dealkylation sites (N-methyl/N-ethyl adjacent to an activating group) is 1. The van der Waals surface area contributed by atoms with Crippen LogP contribution in [0.25, 0.3) is 0 Å². The lowest BCUT2D eigenvalue weighted by Gasteiger charge is -2.36. The summed E-state index contributed by atoms with van der Waals surface area (Å²) in [6.07, 6.45) is 1.75. The molecule has 0 bridgehead atoms. The maximum Gasteiger partial charge on any atom is 0.310 e. The van der Waals surface area contributed by atoms with Crippen LogP contribution < -0.4 is 4.90 Å². The molecule has 2 atom stereocenters. The molecular weight excluding hydrogens is 292 g/mol. The average Bonchev–Trinajstić information content (AvgIpc) is 2.61. The first kappa shape index (κ1) is 17.5. The second-order valence-corrected chi connectivity index (χ2v) is 5.99. The molecule has 0 N–H and O–H groups in total. The Hall–Kier alpha value is -1.88. The summed E-state index contributed by atoms with van der Waals surface area (Å²) >= 11 is 0. The third-order valence-electron chi connectivity index (χ3n) is 4.45. The van der Waals surface area contributed by atoms with E-state index in [0.717, 1.165) is 25.1 Å². The first-order valence-electron chi connectivity index (χ1n) is 8.28. The number of rotatable bonds is 5. The summed E-state index contributed by atoms with van der Waals surface area (Å²) in [5.41, 5.74) is 0.878. The Morgan fingerprint density at radius 2 is 2.04 bits per heavy atom. The number of para-hydroxylation sites is 1. The summed E-state index contributed by atoms with van der Waals surface area (Å²) in [6.45, 7) is 5.56. The summed E-state index contributed by atoms with van der Waals surface area (Å²) in [5, 5.41) is 0. The fourth-order valence-corrected chi connectivity index (χ4v) is 3.03. The molecule has 1 heterocycles. The van der Waals surface area contributed by atoms with Gasteiger partial charge >= 0.3 is 5.97 Å². The highest BCUT2D eigenvalue weighted by Crippen LogP contribution is 2.21. The van der Waals surface area contributed by atoms with Crippen LogP contribution in [-0.4, -0.2) is 49.6 Å². The Balaban J connectivity index is 2.00. The molecule has 1 saturated heterocycles. The van der Waals surface area contributed by atoms with Crippen molar-refractivity contribution in [1.82, 2.24) is 4.90 Å². The molecule has 126 valence electrons. The van der Waals surface area contributed by atoms with E-state index < -0.39 is 0 Å². The SMILES string of the molecule is CCOC(=O)C1CCCN(C(C)C(=O)N(C)c2ccccc2)C1. The van der Waals surface area contributed by atoms with Crippen molar-refractivity contribution in [2.45, 2.75) is 32.7 Å². The first-order chi connectivity index (χ1) is 11.0. The number of piperidine rings is 1. The van der Waals surface area contributed by atoms with Crippen molar-refractivity contribution in [3.63, 3.8) is 0 Å². The van der Waals surface area contributed by atoms with Gasteiger partial charge in [-0.1, -0.05) is 18.2 Å². The number of carbonyl (C=O) groups excluding carboxylic acids is 2. The van der Waals surface area contributed by atoms with Gasteiger partial charge in [-0.15, -0.1) is 0 Å². The number of amides is 1. The van der Waals surface area contributed by atoms with Gasteiger partial charge in [0.2, 0.25) is 5.91 Å². The van der Waals surface area contributed by atoms with Gasteiger partial charge in [0.05, 0.1) is 18.6 Å². The van der Waals surface area contributed by atoms with Gasteiger partial charge in [0.1, 0.15) is 0 Å². The number of carbonyl (C=O) groups is 2. The fourth-order valence-electron chi connectivity index (χ4n) is 3.03. The standard InChI is InChI=1S/C18H26N2O3/c1-4-23-18(22)15-9-8-12-20(13-15)14(2)17(21)19(3)16-10-6-5-7-11-16/h5-7,10-11,14-15H,4,8-9,12-13H2,1-3H3. The second kappa shape index (κ2) is 8.11.